The van der Waals surface area contributed by atoms with E-state index in [9.17, 15) is 0 Å². The number of rotatable bonds is 0. The van der Waals surface area contributed by atoms with E-state index in [0.717, 1.165) is 30.0 Å². The van der Waals surface area contributed by atoms with Crippen molar-refractivity contribution < 1.29 is 4.74 Å². The normalized spacial score (nSPS) is 15.3. The first-order chi connectivity index (χ1) is 7.84. The van der Waals surface area contributed by atoms with Gasteiger partial charge in [0.25, 0.3) is 0 Å². The molecule has 3 nitrogen and oxygen atoms in total. The summed E-state index contributed by atoms with van der Waals surface area (Å²) < 4.78 is 5.64. The molecule has 0 spiro atoms. The monoisotopic (exact) mass is 214 g/mol. The summed E-state index contributed by atoms with van der Waals surface area (Å²) in [6, 6.07) is 8.41. The van der Waals surface area contributed by atoms with E-state index in [4.69, 9.17) is 4.74 Å². The first-order valence-electron chi connectivity index (χ1n) is 5.57. The molecule has 82 valence electrons. The Kier molecular flexibility index (Phi) is 2.26. The van der Waals surface area contributed by atoms with Gasteiger partial charge < -0.3 is 10.1 Å². The Morgan fingerprint density at radius 1 is 1.38 bits per heavy atom. The fourth-order valence-corrected chi connectivity index (χ4v) is 2.07. The van der Waals surface area contributed by atoms with Crippen LogP contribution in [0.5, 0.6) is 5.88 Å². The summed E-state index contributed by atoms with van der Waals surface area (Å²) >= 11 is 0. The number of ether oxygens (including phenoxy) is 1. The summed E-state index contributed by atoms with van der Waals surface area (Å²) in [4.78, 5) is 4.61. The Morgan fingerprint density at radius 3 is 3.25 bits per heavy atom. The molecule has 3 rings (SSSR count). The quantitative estimate of drug-likeness (QED) is 0.728. The lowest BCUT2D eigenvalue weighted by atomic mass is 10.1. The maximum Gasteiger partial charge on any atom is 0.218 e. The third-order valence-corrected chi connectivity index (χ3v) is 2.92. The highest BCUT2D eigenvalue weighted by atomic mass is 16.5. The predicted molar refractivity (Wildman–Crippen MR) is 63.7 cm³/mol. The maximum atomic E-state index is 5.64. The number of hydrogen-bond acceptors (Lipinski definition) is 3. The molecular formula is C13H14N2O. The first-order valence-corrected chi connectivity index (χ1v) is 5.57. The van der Waals surface area contributed by atoms with Crippen LogP contribution in [-0.2, 0) is 6.54 Å². The van der Waals surface area contributed by atoms with Crippen molar-refractivity contribution >= 4 is 10.9 Å². The Labute approximate surface area is 94.5 Å². The van der Waals surface area contributed by atoms with E-state index in [0.29, 0.717) is 6.61 Å². The summed E-state index contributed by atoms with van der Waals surface area (Å²) in [6.07, 6.45) is 0. The van der Waals surface area contributed by atoms with Crippen molar-refractivity contribution in [2.75, 3.05) is 13.2 Å². The molecule has 0 radical (unpaired) electrons. The van der Waals surface area contributed by atoms with Crippen LogP contribution < -0.4 is 10.1 Å². The molecule has 0 saturated carbocycles. The average molecular weight is 214 g/mol. The van der Waals surface area contributed by atoms with E-state index < -0.39 is 0 Å². The van der Waals surface area contributed by atoms with Crippen molar-refractivity contribution in [3.8, 4) is 5.88 Å². The summed E-state index contributed by atoms with van der Waals surface area (Å²) in [6.45, 7) is 4.49. The van der Waals surface area contributed by atoms with E-state index in [1.165, 1.54) is 10.9 Å². The fraction of sp³-hybridized carbons (Fsp3) is 0.308. The van der Waals surface area contributed by atoms with Crippen molar-refractivity contribution in [1.82, 2.24) is 10.3 Å². The van der Waals surface area contributed by atoms with Gasteiger partial charge in [-0.05, 0) is 18.6 Å². The van der Waals surface area contributed by atoms with Gasteiger partial charge in [0.1, 0.15) is 6.61 Å². The molecule has 0 amide bonds. The molecule has 1 aliphatic heterocycles. The van der Waals surface area contributed by atoms with Crippen LogP contribution >= 0.6 is 0 Å². The summed E-state index contributed by atoms with van der Waals surface area (Å²) in [5, 5.41) is 4.50. The van der Waals surface area contributed by atoms with Crippen LogP contribution in [0, 0.1) is 6.92 Å². The van der Waals surface area contributed by atoms with Gasteiger partial charge in [-0.15, -0.1) is 0 Å². The molecule has 0 unspecified atom stereocenters. The minimum atomic E-state index is 0.692. The van der Waals surface area contributed by atoms with Crippen LogP contribution in [0.4, 0.5) is 0 Å². The fourth-order valence-electron chi connectivity index (χ4n) is 2.07. The lowest BCUT2D eigenvalue weighted by Crippen LogP contribution is -2.16. The summed E-state index contributed by atoms with van der Waals surface area (Å²) in [5.74, 6) is 0.784. The highest BCUT2D eigenvalue weighted by molar-refractivity contribution is 5.83. The van der Waals surface area contributed by atoms with Gasteiger partial charge in [-0.3, -0.25) is 0 Å². The zero-order valence-corrected chi connectivity index (χ0v) is 9.29. The number of fused-ring (bicyclic) bond motifs is 2. The molecule has 1 N–H and O–H groups in total. The third-order valence-electron chi connectivity index (χ3n) is 2.92. The number of pyridine rings is 1. The van der Waals surface area contributed by atoms with Crippen molar-refractivity contribution in [3.05, 3.63) is 35.4 Å². The van der Waals surface area contributed by atoms with E-state index in [1.54, 1.807) is 0 Å². The number of aromatic nitrogens is 1. The molecule has 1 aromatic carbocycles. The topological polar surface area (TPSA) is 34.1 Å². The minimum absolute atomic E-state index is 0.692. The second kappa shape index (κ2) is 3.76. The van der Waals surface area contributed by atoms with Crippen molar-refractivity contribution in [2.24, 2.45) is 0 Å². The van der Waals surface area contributed by atoms with Gasteiger partial charge in [-0.2, -0.15) is 0 Å². The van der Waals surface area contributed by atoms with Gasteiger partial charge in [0.2, 0.25) is 5.88 Å². The van der Waals surface area contributed by atoms with Gasteiger partial charge in [-0.25, -0.2) is 4.98 Å². The molecule has 1 aliphatic rings. The molecule has 3 heteroatoms. The van der Waals surface area contributed by atoms with Crippen LogP contribution in [0.1, 0.15) is 11.1 Å². The van der Waals surface area contributed by atoms with Crippen LogP contribution in [0.3, 0.4) is 0 Å². The zero-order valence-electron chi connectivity index (χ0n) is 9.29. The number of hydrogen-bond donors (Lipinski definition) is 1. The second-order valence-corrected chi connectivity index (χ2v) is 4.12. The summed E-state index contributed by atoms with van der Waals surface area (Å²) in [7, 11) is 0. The third kappa shape index (κ3) is 1.53. The molecular weight excluding hydrogens is 200 g/mol. The number of aryl methyl sites for hydroxylation is 1. The smallest absolute Gasteiger partial charge is 0.218 e. The van der Waals surface area contributed by atoms with Crippen LogP contribution in [0.25, 0.3) is 10.9 Å². The Hall–Kier alpha value is -1.61. The van der Waals surface area contributed by atoms with Crippen molar-refractivity contribution in [2.45, 2.75) is 13.5 Å². The lowest BCUT2D eigenvalue weighted by Gasteiger charge is -2.08. The van der Waals surface area contributed by atoms with Crippen LogP contribution in [0.15, 0.2) is 24.3 Å². The van der Waals surface area contributed by atoms with Gasteiger partial charge in [0, 0.05) is 24.0 Å². The number of para-hydroxylation sites is 1. The molecule has 0 fully saturated rings. The first kappa shape index (κ1) is 9.60. The molecule has 0 atom stereocenters. The zero-order chi connectivity index (χ0) is 11.0. The van der Waals surface area contributed by atoms with Gasteiger partial charge in [0.05, 0.1) is 5.52 Å². The van der Waals surface area contributed by atoms with Crippen LogP contribution in [0.2, 0.25) is 0 Å². The van der Waals surface area contributed by atoms with Gasteiger partial charge in [-0.1, -0.05) is 18.2 Å². The Bertz CT molecular complexity index is 537. The second-order valence-electron chi connectivity index (χ2n) is 4.12. The van der Waals surface area contributed by atoms with Crippen molar-refractivity contribution in [1.29, 1.82) is 0 Å². The average Bonchev–Trinajstić information content (AvgIpc) is 2.52. The molecule has 0 aliphatic carbocycles. The van der Waals surface area contributed by atoms with E-state index >= 15 is 0 Å². The highest BCUT2D eigenvalue weighted by Crippen LogP contribution is 2.25. The van der Waals surface area contributed by atoms with E-state index in [1.807, 2.05) is 0 Å². The molecule has 2 heterocycles. The molecule has 0 bridgehead atoms. The van der Waals surface area contributed by atoms with E-state index in [-0.39, 0.29) is 0 Å². The Balaban J connectivity index is 2.24. The number of benzene rings is 1. The van der Waals surface area contributed by atoms with Crippen LogP contribution in [-0.4, -0.2) is 18.1 Å². The highest BCUT2D eigenvalue weighted by Gasteiger charge is 2.11. The van der Waals surface area contributed by atoms with E-state index in [2.05, 4.69) is 41.5 Å². The minimum Gasteiger partial charge on any atom is -0.476 e. The Morgan fingerprint density at radius 2 is 2.31 bits per heavy atom. The predicted octanol–water partition coefficient (Wildman–Crippen LogP) is 2.03. The molecule has 2 aromatic rings. The maximum absolute atomic E-state index is 5.64. The number of nitrogens with zero attached hydrogens (tertiary/aromatic N) is 1. The summed E-state index contributed by atoms with van der Waals surface area (Å²) in [5.41, 5.74) is 3.39. The lowest BCUT2D eigenvalue weighted by molar-refractivity contribution is 0.315. The number of nitrogens with one attached hydrogen (secondary N) is 1. The van der Waals surface area contributed by atoms with Gasteiger partial charge >= 0.3 is 0 Å². The SMILES string of the molecule is Cc1cccc2cc3c(nc12)OCCNC3. The standard InChI is InChI=1S/C13H14N2O/c1-9-3-2-4-10-7-11-8-14-5-6-16-13(11)15-12(9)10/h2-4,7,14H,5-6,8H2,1H3. The molecule has 1 aromatic heterocycles. The molecule has 16 heavy (non-hydrogen) atoms. The van der Waals surface area contributed by atoms with Gasteiger partial charge in [0.15, 0.2) is 0 Å². The van der Waals surface area contributed by atoms with Crippen molar-refractivity contribution in [3.63, 3.8) is 0 Å². The largest absolute Gasteiger partial charge is 0.476 e. The molecule has 0 saturated heterocycles.